The van der Waals surface area contributed by atoms with Crippen molar-refractivity contribution in [2.75, 3.05) is 7.11 Å². The number of benzene rings is 2. The zero-order valence-electron chi connectivity index (χ0n) is 16.0. The van der Waals surface area contributed by atoms with Gasteiger partial charge in [0.25, 0.3) is 0 Å². The molecule has 0 bridgehead atoms. The Morgan fingerprint density at radius 3 is 2.87 bits per heavy atom. The smallest absolute Gasteiger partial charge is 0.159 e. The Morgan fingerprint density at radius 1 is 1.03 bits per heavy atom. The second-order valence-corrected chi connectivity index (χ2v) is 8.40. The van der Waals surface area contributed by atoms with Crippen LogP contribution in [0.5, 0.6) is 11.5 Å². The third-order valence-electron chi connectivity index (χ3n) is 4.79. The fraction of sp³-hybridized carbons (Fsp3) is 0.0870. The first-order valence-corrected chi connectivity index (χ1v) is 10.9. The van der Waals surface area contributed by atoms with Crippen molar-refractivity contribution in [3.63, 3.8) is 0 Å². The predicted octanol–water partition coefficient (Wildman–Crippen LogP) is 6.26. The Hall–Kier alpha value is -3.03. The molecule has 0 spiro atoms. The average Bonchev–Trinajstić information content (AvgIpc) is 3.20. The number of aromatic nitrogens is 3. The molecule has 0 amide bonds. The van der Waals surface area contributed by atoms with Crippen LogP contribution in [0.15, 0.2) is 70.8 Å². The number of fused-ring (bicyclic) bond motifs is 2. The third kappa shape index (κ3) is 3.51. The summed E-state index contributed by atoms with van der Waals surface area (Å²) in [6, 6.07) is 15.7. The van der Waals surface area contributed by atoms with Crippen molar-refractivity contribution < 1.29 is 9.47 Å². The minimum atomic E-state index is 0.425. The topological polar surface area (TPSA) is 57.1 Å². The summed E-state index contributed by atoms with van der Waals surface area (Å²) in [4.78, 5) is 13.7. The zero-order chi connectivity index (χ0) is 20.5. The van der Waals surface area contributed by atoms with E-state index in [0.29, 0.717) is 12.4 Å². The van der Waals surface area contributed by atoms with E-state index in [1.807, 2.05) is 54.7 Å². The number of nitrogens with zero attached hydrogens (tertiary/aromatic N) is 3. The summed E-state index contributed by atoms with van der Waals surface area (Å²) in [5.41, 5.74) is 3.75. The van der Waals surface area contributed by atoms with Crippen LogP contribution in [0.25, 0.3) is 32.5 Å². The van der Waals surface area contributed by atoms with E-state index < -0.39 is 0 Å². The SMILES string of the molecule is COc1cc(-c2ncc3scc(COc4cccc5ncccc45)c3n2)ccc1Br. The van der Waals surface area contributed by atoms with E-state index in [0.717, 1.165) is 48.2 Å². The zero-order valence-corrected chi connectivity index (χ0v) is 18.4. The lowest BCUT2D eigenvalue weighted by Crippen LogP contribution is -1.97. The molecule has 0 atom stereocenters. The fourth-order valence-corrected chi connectivity index (χ4v) is 4.53. The van der Waals surface area contributed by atoms with E-state index in [1.54, 1.807) is 24.6 Å². The molecule has 3 heterocycles. The molecule has 0 aliphatic rings. The molecule has 30 heavy (non-hydrogen) atoms. The number of ether oxygens (including phenoxy) is 2. The van der Waals surface area contributed by atoms with E-state index in [-0.39, 0.29) is 0 Å². The van der Waals surface area contributed by atoms with Gasteiger partial charge in [0.05, 0.1) is 27.3 Å². The molecular formula is C23H16BrN3O2S. The Bertz CT molecular complexity index is 1360. The second kappa shape index (κ2) is 8.01. The van der Waals surface area contributed by atoms with Crippen LogP contribution >= 0.6 is 27.3 Å². The molecule has 3 aromatic heterocycles. The first-order valence-electron chi connectivity index (χ1n) is 9.26. The van der Waals surface area contributed by atoms with Crippen molar-refractivity contribution in [1.29, 1.82) is 0 Å². The van der Waals surface area contributed by atoms with Gasteiger partial charge >= 0.3 is 0 Å². The molecule has 0 fully saturated rings. The molecule has 5 rings (SSSR count). The summed E-state index contributed by atoms with van der Waals surface area (Å²) >= 11 is 5.10. The van der Waals surface area contributed by atoms with Gasteiger partial charge < -0.3 is 9.47 Å². The number of rotatable bonds is 5. The molecule has 2 aromatic carbocycles. The Kier molecular flexibility index (Phi) is 5.06. The molecule has 5 aromatic rings. The molecule has 0 aliphatic carbocycles. The number of methoxy groups -OCH3 is 1. The molecule has 148 valence electrons. The quantitative estimate of drug-likeness (QED) is 0.299. The van der Waals surface area contributed by atoms with Gasteiger partial charge in [0.15, 0.2) is 5.82 Å². The van der Waals surface area contributed by atoms with Crippen LogP contribution in [0.1, 0.15) is 5.56 Å². The van der Waals surface area contributed by atoms with Crippen LogP contribution in [0, 0.1) is 0 Å². The maximum absolute atomic E-state index is 6.15. The summed E-state index contributed by atoms with van der Waals surface area (Å²) in [7, 11) is 1.64. The summed E-state index contributed by atoms with van der Waals surface area (Å²) in [5, 5.41) is 3.08. The lowest BCUT2D eigenvalue weighted by Gasteiger charge is -2.09. The normalized spacial score (nSPS) is 11.1. The number of hydrogen-bond acceptors (Lipinski definition) is 6. The summed E-state index contributed by atoms with van der Waals surface area (Å²) < 4.78 is 13.5. The van der Waals surface area contributed by atoms with Crippen LogP contribution in [-0.2, 0) is 6.61 Å². The predicted molar refractivity (Wildman–Crippen MR) is 123 cm³/mol. The van der Waals surface area contributed by atoms with E-state index in [4.69, 9.17) is 14.5 Å². The molecular weight excluding hydrogens is 462 g/mol. The molecule has 0 saturated heterocycles. The number of thiophene rings is 1. The highest BCUT2D eigenvalue weighted by Crippen LogP contribution is 2.32. The van der Waals surface area contributed by atoms with E-state index in [1.165, 1.54) is 0 Å². The van der Waals surface area contributed by atoms with Gasteiger partial charge in [-0.1, -0.05) is 6.07 Å². The maximum atomic E-state index is 6.15. The molecule has 5 nitrogen and oxygen atoms in total. The minimum absolute atomic E-state index is 0.425. The van der Waals surface area contributed by atoms with Crippen LogP contribution in [-0.4, -0.2) is 22.1 Å². The Morgan fingerprint density at radius 2 is 1.97 bits per heavy atom. The first kappa shape index (κ1) is 19.0. The van der Waals surface area contributed by atoms with Gasteiger partial charge in [-0.05, 0) is 58.4 Å². The van der Waals surface area contributed by atoms with Crippen LogP contribution in [0.3, 0.4) is 0 Å². The standard InChI is InChI=1S/C23H16BrN3O2S/c1-28-20-10-14(7-8-17(20)24)23-26-11-21-22(27-23)15(13-30-21)12-29-19-6-2-5-18-16(19)4-3-9-25-18/h2-11,13H,12H2,1H3. The number of halogens is 1. The number of hydrogen-bond donors (Lipinski definition) is 0. The Balaban J connectivity index is 1.47. The summed E-state index contributed by atoms with van der Waals surface area (Å²) in [6.07, 6.45) is 3.65. The lowest BCUT2D eigenvalue weighted by molar-refractivity contribution is 0.311. The van der Waals surface area contributed by atoms with E-state index >= 15 is 0 Å². The monoisotopic (exact) mass is 477 g/mol. The van der Waals surface area contributed by atoms with Crippen LogP contribution in [0.4, 0.5) is 0 Å². The molecule has 7 heteroatoms. The highest BCUT2D eigenvalue weighted by atomic mass is 79.9. The van der Waals surface area contributed by atoms with Crippen molar-refractivity contribution in [2.45, 2.75) is 6.61 Å². The van der Waals surface area contributed by atoms with Crippen molar-refractivity contribution in [3.8, 4) is 22.9 Å². The highest BCUT2D eigenvalue weighted by molar-refractivity contribution is 9.10. The van der Waals surface area contributed by atoms with E-state index in [2.05, 4.69) is 31.3 Å². The summed E-state index contributed by atoms with van der Waals surface area (Å²) in [5.74, 6) is 2.21. The van der Waals surface area contributed by atoms with Crippen molar-refractivity contribution in [2.24, 2.45) is 0 Å². The van der Waals surface area contributed by atoms with Gasteiger partial charge in [-0.25, -0.2) is 9.97 Å². The lowest BCUT2D eigenvalue weighted by atomic mass is 10.2. The first-order chi connectivity index (χ1) is 14.7. The maximum Gasteiger partial charge on any atom is 0.159 e. The van der Waals surface area contributed by atoms with Gasteiger partial charge in [0.1, 0.15) is 18.1 Å². The van der Waals surface area contributed by atoms with Crippen LogP contribution < -0.4 is 9.47 Å². The van der Waals surface area contributed by atoms with Gasteiger partial charge in [-0.3, -0.25) is 4.98 Å². The Labute approximate surface area is 185 Å². The largest absolute Gasteiger partial charge is 0.496 e. The van der Waals surface area contributed by atoms with Crippen molar-refractivity contribution in [3.05, 3.63) is 76.3 Å². The third-order valence-corrected chi connectivity index (χ3v) is 6.40. The van der Waals surface area contributed by atoms with Gasteiger partial charge in [-0.15, -0.1) is 11.3 Å². The molecule has 0 aliphatic heterocycles. The summed E-state index contributed by atoms with van der Waals surface area (Å²) in [6.45, 7) is 0.425. The molecule has 0 unspecified atom stereocenters. The van der Waals surface area contributed by atoms with Gasteiger partial charge in [0.2, 0.25) is 0 Å². The molecule has 0 N–H and O–H groups in total. The fourth-order valence-electron chi connectivity index (χ4n) is 3.27. The molecule has 0 radical (unpaired) electrons. The minimum Gasteiger partial charge on any atom is -0.496 e. The van der Waals surface area contributed by atoms with Crippen molar-refractivity contribution in [1.82, 2.24) is 15.0 Å². The van der Waals surface area contributed by atoms with Crippen LogP contribution in [0.2, 0.25) is 0 Å². The van der Waals surface area contributed by atoms with E-state index in [9.17, 15) is 0 Å². The second-order valence-electron chi connectivity index (χ2n) is 6.63. The van der Waals surface area contributed by atoms with Crippen molar-refractivity contribution >= 4 is 48.4 Å². The number of pyridine rings is 1. The van der Waals surface area contributed by atoms with Gasteiger partial charge in [0, 0.05) is 34.3 Å². The average molecular weight is 478 g/mol. The molecule has 0 saturated carbocycles. The highest BCUT2D eigenvalue weighted by Gasteiger charge is 2.12. The van der Waals surface area contributed by atoms with Gasteiger partial charge in [-0.2, -0.15) is 0 Å².